The first kappa shape index (κ1) is 15.1. The highest BCUT2D eigenvalue weighted by atomic mass is 16.3. The highest BCUT2D eigenvalue weighted by Gasteiger charge is 2.18. The summed E-state index contributed by atoms with van der Waals surface area (Å²) < 4.78 is 0. The Morgan fingerprint density at radius 1 is 1.14 bits per heavy atom. The number of piperidine rings is 1. The number of nitrogens with zero attached hydrogens (tertiary/aromatic N) is 2. The normalized spacial score (nSPS) is 16.1. The third kappa shape index (κ3) is 3.87. The van der Waals surface area contributed by atoms with Gasteiger partial charge in [0.1, 0.15) is 0 Å². The Labute approximate surface area is 131 Å². The molecule has 1 saturated heterocycles. The monoisotopic (exact) mass is 300 g/mol. The summed E-state index contributed by atoms with van der Waals surface area (Å²) in [5, 5.41) is 19.5. The number of benzene rings is 1. The van der Waals surface area contributed by atoms with E-state index in [0.717, 1.165) is 44.7 Å². The summed E-state index contributed by atoms with van der Waals surface area (Å²) in [4.78, 5) is 2.41. The Hall–Kier alpha value is -1.85. The molecule has 2 aromatic rings. The fourth-order valence-corrected chi connectivity index (χ4v) is 2.92. The molecule has 1 aliphatic rings. The van der Waals surface area contributed by atoms with Gasteiger partial charge in [0.15, 0.2) is 0 Å². The summed E-state index contributed by atoms with van der Waals surface area (Å²) in [5.74, 6) is 0.488. The molecule has 0 radical (unpaired) electrons. The van der Waals surface area contributed by atoms with E-state index < -0.39 is 0 Å². The van der Waals surface area contributed by atoms with Crippen LogP contribution in [0.25, 0.3) is 0 Å². The molecule has 5 nitrogen and oxygen atoms in total. The summed E-state index contributed by atoms with van der Waals surface area (Å²) in [6, 6.07) is 10.8. The van der Waals surface area contributed by atoms with Crippen LogP contribution in [-0.2, 0) is 13.1 Å². The fourth-order valence-electron chi connectivity index (χ4n) is 2.92. The van der Waals surface area contributed by atoms with E-state index in [2.05, 4.69) is 44.7 Å². The lowest BCUT2D eigenvalue weighted by molar-refractivity contribution is 0.203. The van der Waals surface area contributed by atoms with E-state index in [1.165, 1.54) is 11.3 Å². The number of aromatic nitrogens is 2. The molecule has 0 aliphatic carbocycles. The van der Waals surface area contributed by atoms with Crippen LogP contribution in [0.2, 0.25) is 0 Å². The Morgan fingerprint density at radius 3 is 2.55 bits per heavy atom. The van der Waals surface area contributed by atoms with E-state index in [1.54, 1.807) is 6.20 Å². The molecule has 0 amide bonds. The predicted octanol–water partition coefficient (Wildman–Crippen LogP) is 1.91. The number of aromatic amines is 1. The van der Waals surface area contributed by atoms with Crippen molar-refractivity contribution in [3.63, 3.8) is 0 Å². The summed E-state index contributed by atoms with van der Waals surface area (Å²) in [6.07, 6.45) is 3.94. The molecule has 0 spiro atoms. The van der Waals surface area contributed by atoms with Crippen molar-refractivity contribution in [2.75, 3.05) is 24.6 Å². The molecule has 118 valence electrons. The lowest BCUT2D eigenvalue weighted by Crippen LogP contribution is -2.34. The van der Waals surface area contributed by atoms with Crippen LogP contribution in [0.1, 0.15) is 24.1 Å². The van der Waals surface area contributed by atoms with Gasteiger partial charge in [-0.1, -0.05) is 12.1 Å². The Balaban J connectivity index is 1.48. The number of hydrogen-bond acceptors (Lipinski definition) is 4. The van der Waals surface area contributed by atoms with Crippen molar-refractivity contribution in [1.82, 2.24) is 15.5 Å². The maximum atomic E-state index is 9.20. The lowest BCUT2D eigenvalue weighted by Gasteiger charge is -2.33. The molecule has 5 heteroatoms. The zero-order chi connectivity index (χ0) is 15.2. The van der Waals surface area contributed by atoms with Crippen LogP contribution in [-0.4, -0.2) is 35.0 Å². The van der Waals surface area contributed by atoms with Gasteiger partial charge < -0.3 is 15.3 Å². The molecule has 1 aliphatic heterocycles. The molecule has 2 heterocycles. The summed E-state index contributed by atoms with van der Waals surface area (Å²) >= 11 is 0. The average molecular weight is 300 g/mol. The van der Waals surface area contributed by atoms with Gasteiger partial charge in [-0.15, -0.1) is 0 Å². The van der Waals surface area contributed by atoms with Gasteiger partial charge in [-0.3, -0.25) is 5.10 Å². The second kappa shape index (κ2) is 7.42. The molecule has 3 rings (SSSR count). The molecule has 0 unspecified atom stereocenters. The highest BCUT2D eigenvalue weighted by molar-refractivity contribution is 5.48. The maximum Gasteiger partial charge on any atom is 0.0490 e. The zero-order valence-electron chi connectivity index (χ0n) is 12.8. The minimum atomic E-state index is 0.328. The predicted molar refractivity (Wildman–Crippen MR) is 87.6 cm³/mol. The SMILES string of the molecule is OCC1CCN(c2ccc(CNCc3ccn[nH]3)cc2)CC1. The van der Waals surface area contributed by atoms with Crippen LogP contribution in [0, 0.1) is 5.92 Å². The van der Waals surface area contributed by atoms with E-state index in [0.29, 0.717) is 12.5 Å². The summed E-state index contributed by atoms with van der Waals surface area (Å²) in [5.41, 5.74) is 3.67. The van der Waals surface area contributed by atoms with Crippen molar-refractivity contribution < 1.29 is 5.11 Å². The number of aliphatic hydroxyl groups is 1. The van der Waals surface area contributed by atoms with Crippen molar-refractivity contribution in [3.05, 3.63) is 47.8 Å². The van der Waals surface area contributed by atoms with Crippen LogP contribution in [0.4, 0.5) is 5.69 Å². The molecule has 1 fully saturated rings. The number of aliphatic hydroxyl groups excluding tert-OH is 1. The van der Waals surface area contributed by atoms with Crippen molar-refractivity contribution in [3.8, 4) is 0 Å². The van der Waals surface area contributed by atoms with E-state index >= 15 is 0 Å². The quantitative estimate of drug-likeness (QED) is 0.762. The van der Waals surface area contributed by atoms with Crippen LogP contribution in [0.5, 0.6) is 0 Å². The fraction of sp³-hybridized carbons (Fsp3) is 0.471. The largest absolute Gasteiger partial charge is 0.396 e. The van der Waals surface area contributed by atoms with E-state index in [1.807, 2.05) is 6.07 Å². The zero-order valence-corrected chi connectivity index (χ0v) is 12.8. The first-order valence-electron chi connectivity index (χ1n) is 7.99. The van der Waals surface area contributed by atoms with E-state index in [4.69, 9.17) is 0 Å². The Kier molecular flexibility index (Phi) is 5.08. The molecule has 0 bridgehead atoms. The van der Waals surface area contributed by atoms with Crippen LogP contribution in [0.15, 0.2) is 36.5 Å². The van der Waals surface area contributed by atoms with Gasteiger partial charge in [0.05, 0.1) is 0 Å². The smallest absolute Gasteiger partial charge is 0.0490 e. The van der Waals surface area contributed by atoms with Crippen molar-refractivity contribution >= 4 is 5.69 Å². The van der Waals surface area contributed by atoms with Gasteiger partial charge in [-0.25, -0.2) is 0 Å². The maximum absolute atomic E-state index is 9.20. The molecule has 1 aromatic heterocycles. The van der Waals surface area contributed by atoms with Crippen LogP contribution in [0.3, 0.4) is 0 Å². The third-order valence-electron chi connectivity index (χ3n) is 4.38. The second-order valence-corrected chi connectivity index (χ2v) is 5.96. The standard InChI is InChI=1S/C17H24N4O/c22-13-15-6-9-21(10-7-15)17-3-1-14(2-4-17)11-18-12-16-5-8-19-20-16/h1-5,8,15,18,22H,6-7,9-13H2,(H,19,20). The first-order chi connectivity index (χ1) is 10.8. The minimum Gasteiger partial charge on any atom is -0.396 e. The van der Waals surface area contributed by atoms with E-state index in [9.17, 15) is 5.11 Å². The lowest BCUT2D eigenvalue weighted by atomic mass is 9.97. The third-order valence-corrected chi connectivity index (χ3v) is 4.38. The summed E-state index contributed by atoms with van der Waals surface area (Å²) in [7, 11) is 0. The molecular formula is C17H24N4O. The van der Waals surface area contributed by atoms with Gasteiger partial charge >= 0.3 is 0 Å². The van der Waals surface area contributed by atoms with Gasteiger partial charge in [0, 0.05) is 50.4 Å². The van der Waals surface area contributed by atoms with Crippen LogP contribution >= 0.6 is 0 Å². The van der Waals surface area contributed by atoms with Gasteiger partial charge in [-0.05, 0) is 42.5 Å². The molecule has 0 atom stereocenters. The van der Waals surface area contributed by atoms with Crippen molar-refractivity contribution in [1.29, 1.82) is 0 Å². The van der Waals surface area contributed by atoms with Gasteiger partial charge in [0.25, 0.3) is 0 Å². The molecule has 22 heavy (non-hydrogen) atoms. The topological polar surface area (TPSA) is 64.2 Å². The minimum absolute atomic E-state index is 0.328. The number of H-pyrrole nitrogens is 1. The molecular weight excluding hydrogens is 276 g/mol. The Morgan fingerprint density at radius 2 is 1.91 bits per heavy atom. The van der Waals surface area contributed by atoms with Gasteiger partial charge in [0.2, 0.25) is 0 Å². The first-order valence-corrected chi connectivity index (χ1v) is 7.99. The second-order valence-electron chi connectivity index (χ2n) is 5.96. The number of nitrogens with one attached hydrogen (secondary N) is 2. The average Bonchev–Trinajstić information content (AvgIpc) is 3.09. The molecule has 3 N–H and O–H groups in total. The van der Waals surface area contributed by atoms with Crippen LogP contribution < -0.4 is 10.2 Å². The number of anilines is 1. The van der Waals surface area contributed by atoms with Crippen molar-refractivity contribution in [2.24, 2.45) is 5.92 Å². The number of hydrogen-bond donors (Lipinski definition) is 3. The van der Waals surface area contributed by atoms with E-state index in [-0.39, 0.29) is 0 Å². The van der Waals surface area contributed by atoms with Crippen molar-refractivity contribution in [2.45, 2.75) is 25.9 Å². The molecule has 1 aromatic carbocycles. The highest BCUT2D eigenvalue weighted by Crippen LogP contribution is 2.23. The molecule has 0 saturated carbocycles. The Bertz CT molecular complexity index is 545. The summed E-state index contributed by atoms with van der Waals surface area (Å²) in [6.45, 7) is 4.07. The number of rotatable bonds is 6. The van der Waals surface area contributed by atoms with Gasteiger partial charge in [-0.2, -0.15) is 5.10 Å².